The first-order valence-corrected chi connectivity index (χ1v) is 9.65. The van der Waals surface area contributed by atoms with Crippen molar-refractivity contribution >= 4 is 27.8 Å². The Morgan fingerprint density at radius 3 is 3.00 bits per heavy atom. The quantitative estimate of drug-likeness (QED) is 0.764. The number of sulfone groups is 1. The number of hydrogen-bond donors (Lipinski definition) is 1. The molecule has 0 aromatic rings. The summed E-state index contributed by atoms with van der Waals surface area (Å²) in [5.41, 5.74) is 3.91. The molecule has 0 aromatic carbocycles. The lowest BCUT2D eigenvalue weighted by atomic mass is 10.1. The van der Waals surface area contributed by atoms with Crippen molar-refractivity contribution in [2.75, 3.05) is 31.6 Å². The van der Waals surface area contributed by atoms with Gasteiger partial charge in [-0.2, -0.15) is 0 Å². The average molecular weight is 335 g/mol. The third-order valence-electron chi connectivity index (χ3n) is 3.80. The summed E-state index contributed by atoms with van der Waals surface area (Å²) in [5.74, 6) is 0.253. The van der Waals surface area contributed by atoms with Gasteiger partial charge in [0.15, 0.2) is 0 Å². The lowest BCUT2D eigenvalue weighted by Gasteiger charge is -2.40. The van der Waals surface area contributed by atoms with Crippen LogP contribution in [0.5, 0.6) is 0 Å². The molecule has 8 heteroatoms. The molecule has 120 valence electrons. The summed E-state index contributed by atoms with van der Waals surface area (Å²) in [7, 11) is -2.87. The van der Waals surface area contributed by atoms with Crippen LogP contribution in [0.15, 0.2) is 15.8 Å². The van der Waals surface area contributed by atoms with Crippen LogP contribution in [0.4, 0.5) is 0 Å². The largest absolute Gasteiger partial charge is 0.301 e. The van der Waals surface area contributed by atoms with Crippen LogP contribution in [0.2, 0.25) is 0 Å². The molecule has 0 bridgehead atoms. The number of nitrogens with zero attached hydrogens (tertiary/aromatic N) is 3. The summed E-state index contributed by atoms with van der Waals surface area (Å²) in [6.07, 6.45) is 5.78. The third kappa shape index (κ3) is 4.86. The number of aliphatic imine (C=N–C) groups is 1. The van der Waals surface area contributed by atoms with Crippen LogP contribution in [0.25, 0.3) is 0 Å². The maximum atomic E-state index is 11.2. The second kappa shape index (κ2) is 6.98. The van der Waals surface area contributed by atoms with Crippen LogP contribution < -0.4 is 5.43 Å². The summed E-state index contributed by atoms with van der Waals surface area (Å²) in [4.78, 5) is 6.45. The van der Waals surface area contributed by atoms with Crippen LogP contribution in [0.1, 0.15) is 26.2 Å². The van der Waals surface area contributed by atoms with Gasteiger partial charge in [-0.05, 0) is 39.3 Å². The molecule has 2 heterocycles. The van der Waals surface area contributed by atoms with Gasteiger partial charge in [0.05, 0.1) is 17.5 Å². The van der Waals surface area contributed by atoms with E-state index in [1.54, 1.807) is 6.34 Å². The second-order valence-corrected chi connectivity index (χ2v) is 8.33. The standard InChI is InChI=1S/C13H23ClN4O2S/c1-11-13(14)18(16-10-15-11)12-5-3-6-17(9-12)7-4-8-21(2,19)20/h10,12H,3-9H2,1-2H3,(H,15,16)/t12-/m1/s1. The fraction of sp³-hybridized carbons (Fsp3) is 0.769. The highest BCUT2D eigenvalue weighted by Crippen LogP contribution is 2.24. The zero-order valence-corrected chi connectivity index (χ0v) is 14.1. The highest BCUT2D eigenvalue weighted by molar-refractivity contribution is 7.90. The Balaban J connectivity index is 1.88. The van der Waals surface area contributed by atoms with E-state index in [1.165, 1.54) is 6.26 Å². The van der Waals surface area contributed by atoms with Crippen molar-refractivity contribution in [3.05, 3.63) is 10.9 Å². The molecule has 0 saturated carbocycles. The molecule has 1 N–H and O–H groups in total. The van der Waals surface area contributed by atoms with Gasteiger partial charge in [0, 0.05) is 12.8 Å². The molecule has 0 aromatic heterocycles. The Labute approximate surface area is 131 Å². The van der Waals surface area contributed by atoms with E-state index in [9.17, 15) is 8.42 Å². The van der Waals surface area contributed by atoms with E-state index in [0.29, 0.717) is 11.6 Å². The number of rotatable bonds is 5. The molecular formula is C13H23ClN4O2S. The lowest BCUT2D eigenvalue weighted by Crippen LogP contribution is -2.52. The number of hydrazine groups is 1. The fourth-order valence-electron chi connectivity index (χ4n) is 2.73. The summed E-state index contributed by atoms with van der Waals surface area (Å²) in [5, 5.41) is 2.60. The number of allylic oxidation sites excluding steroid dienone is 1. The van der Waals surface area contributed by atoms with Crippen molar-refractivity contribution < 1.29 is 8.42 Å². The molecule has 2 aliphatic rings. The monoisotopic (exact) mass is 334 g/mol. The first-order valence-electron chi connectivity index (χ1n) is 7.21. The third-order valence-corrected chi connectivity index (χ3v) is 5.29. The average Bonchev–Trinajstić information content (AvgIpc) is 2.41. The smallest absolute Gasteiger partial charge is 0.147 e. The Bertz CT molecular complexity index is 532. The highest BCUT2D eigenvalue weighted by Gasteiger charge is 2.28. The minimum atomic E-state index is -2.87. The summed E-state index contributed by atoms with van der Waals surface area (Å²) >= 11 is 6.31. The van der Waals surface area contributed by atoms with Gasteiger partial charge in [-0.3, -0.25) is 10.4 Å². The molecule has 2 rings (SSSR count). The van der Waals surface area contributed by atoms with E-state index in [-0.39, 0.29) is 11.8 Å². The van der Waals surface area contributed by atoms with Crippen LogP contribution in [0, 0.1) is 0 Å². The van der Waals surface area contributed by atoms with Gasteiger partial charge in [0.1, 0.15) is 21.3 Å². The first kappa shape index (κ1) is 16.6. The van der Waals surface area contributed by atoms with E-state index in [2.05, 4.69) is 15.3 Å². The molecule has 0 unspecified atom stereocenters. The molecule has 0 amide bonds. The van der Waals surface area contributed by atoms with Gasteiger partial charge >= 0.3 is 0 Å². The van der Waals surface area contributed by atoms with E-state index < -0.39 is 9.84 Å². The maximum Gasteiger partial charge on any atom is 0.147 e. The van der Waals surface area contributed by atoms with Gasteiger partial charge in [0.2, 0.25) is 0 Å². The minimum absolute atomic E-state index is 0.253. The number of halogens is 1. The van der Waals surface area contributed by atoms with Gasteiger partial charge < -0.3 is 4.90 Å². The van der Waals surface area contributed by atoms with E-state index >= 15 is 0 Å². The predicted octanol–water partition coefficient (Wildman–Crippen LogP) is 1.16. The molecular weight excluding hydrogens is 312 g/mol. The van der Waals surface area contributed by atoms with Crippen LogP contribution in [-0.4, -0.2) is 62.3 Å². The van der Waals surface area contributed by atoms with Crippen molar-refractivity contribution in [2.45, 2.75) is 32.2 Å². The molecule has 1 saturated heterocycles. The van der Waals surface area contributed by atoms with Gasteiger partial charge in [0.25, 0.3) is 0 Å². The zero-order chi connectivity index (χ0) is 15.5. The second-order valence-electron chi connectivity index (χ2n) is 5.71. The Morgan fingerprint density at radius 2 is 2.29 bits per heavy atom. The fourth-order valence-corrected chi connectivity index (χ4v) is 3.62. The van der Waals surface area contributed by atoms with Crippen LogP contribution in [0.3, 0.4) is 0 Å². The van der Waals surface area contributed by atoms with Crippen molar-refractivity contribution in [3.8, 4) is 0 Å². The summed E-state index contributed by atoms with van der Waals surface area (Å²) < 4.78 is 22.4. The maximum absolute atomic E-state index is 11.2. The van der Waals surface area contributed by atoms with Crippen molar-refractivity contribution in [1.82, 2.24) is 15.3 Å². The predicted molar refractivity (Wildman–Crippen MR) is 85.8 cm³/mol. The Hall–Kier alpha value is -0.790. The Morgan fingerprint density at radius 1 is 1.52 bits per heavy atom. The van der Waals surface area contributed by atoms with Gasteiger partial charge in [-0.25, -0.2) is 13.4 Å². The van der Waals surface area contributed by atoms with Crippen molar-refractivity contribution in [2.24, 2.45) is 4.99 Å². The van der Waals surface area contributed by atoms with E-state index in [0.717, 1.165) is 38.2 Å². The normalized spacial score (nSPS) is 24.3. The molecule has 2 aliphatic heterocycles. The molecule has 0 radical (unpaired) electrons. The molecule has 0 aliphatic carbocycles. The number of hydrogen-bond acceptors (Lipinski definition) is 6. The molecule has 1 fully saturated rings. The first-order chi connectivity index (χ1) is 9.87. The van der Waals surface area contributed by atoms with Crippen molar-refractivity contribution in [3.63, 3.8) is 0 Å². The lowest BCUT2D eigenvalue weighted by molar-refractivity contribution is 0.110. The number of piperidine rings is 1. The minimum Gasteiger partial charge on any atom is -0.301 e. The van der Waals surface area contributed by atoms with E-state index in [4.69, 9.17) is 11.6 Å². The van der Waals surface area contributed by atoms with Crippen LogP contribution in [-0.2, 0) is 9.84 Å². The SMILES string of the molecule is CC1=C(Cl)N([C@@H]2CCCN(CCCS(C)(=O)=O)C2)NC=N1. The highest BCUT2D eigenvalue weighted by atomic mass is 35.5. The Kier molecular flexibility index (Phi) is 5.51. The molecule has 0 spiro atoms. The van der Waals surface area contributed by atoms with Gasteiger partial charge in [-0.15, -0.1) is 0 Å². The van der Waals surface area contributed by atoms with E-state index in [1.807, 2.05) is 11.9 Å². The van der Waals surface area contributed by atoms with Crippen LogP contribution >= 0.6 is 11.6 Å². The van der Waals surface area contributed by atoms with Gasteiger partial charge in [-0.1, -0.05) is 11.6 Å². The zero-order valence-electron chi connectivity index (χ0n) is 12.5. The summed E-state index contributed by atoms with van der Waals surface area (Å²) in [6.45, 7) is 4.60. The van der Waals surface area contributed by atoms with Crippen molar-refractivity contribution in [1.29, 1.82) is 0 Å². The molecule has 21 heavy (non-hydrogen) atoms. The topological polar surface area (TPSA) is 65.0 Å². The number of likely N-dealkylation sites (tertiary alicyclic amines) is 1. The number of nitrogens with one attached hydrogen (secondary N) is 1. The summed E-state index contributed by atoms with van der Waals surface area (Å²) in [6, 6.07) is 0.284. The molecule has 6 nitrogen and oxygen atoms in total. The molecule has 1 atom stereocenters.